The second-order valence-electron chi connectivity index (χ2n) is 2.68. The molecule has 0 unspecified atom stereocenters. The minimum atomic E-state index is -0.499. The lowest BCUT2D eigenvalue weighted by Crippen LogP contribution is -2.24. The Hall–Kier alpha value is 0.00987. The molecule has 0 bridgehead atoms. The van der Waals surface area contributed by atoms with Crippen molar-refractivity contribution in [2.45, 2.75) is 31.6 Å². The first-order valence-electron chi connectivity index (χ1n) is 3.71. The third-order valence-electron chi connectivity index (χ3n) is 1.71. The summed E-state index contributed by atoms with van der Waals surface area (Å²) in [7, 11) is 2.54. The monoisotopic (exact) mass is 153 g/mol. The Kier molecular flexibility index (Phi) is 3.43. The molecule has 59 valence electrons. The van der Waals surface area contributed by atoms with E-state index in [4.69, 9.17) is 9.76 Å². The molecule has 0 aliphatic carbocycles. The Morgan fingerprint density at radius 1 is 1.64 bits per heavy atom. The van der Waals surface area contributed by atoms with E-state index >= 15 is 0 Å². The Labute approximate surface area is 68.3 Å². The number of rotatable bonds is 3. The van der Waals surface area contributed by atoms with Gasteiger partial charge < -0.3 is 14.9 Å². The maximum absolute atomic E-state index is 9.29. The fourth-order valence-corrected chi connectivity index (χ4v) is 1.19. The van der Waals surface area contributed by atoms with Crippen molar-refractivity contribution in [3.8, 4) is 0 Å². The van der Waals surface area contributed by atoms with Gasteiger partial charge in [0.25, 0.3) is 0 Å². The van der Waals surface area contributed by atoms with Gasteiger partial charge in [-0.05, 0) is 6.92 Å². The van der Waals surface area contributed by atoms with Gasteiger partial charge >= 0.3 is 0 Å². The van der Waals surface area contributed by atoms with Gasteiger partial charge in [0.2, 0.25) is 7.37 Å². The fraction of sp³-hybridized carbons (Fsp3) is 0.833. The summed E-state index contributed by atoms with van der Waals surface area (Å²) in [6, 6.07) is 0. The molecule has 1 heterocycles. The topological polar surface area (TPSA) is 49.7 Å². The minimum Gasteiger partial charge on any atom is -0.465 e. The molecule has 0 saturated carbocycles. The molecule has 3 atom stereocenters. The summed E-state index contributed by atoms with van der Waals surface area (Å²) in [5.74, 6) is 0. The molecular formula is C6H11B2O3. The highest BCUT2D eigenvalue weighted by atomic mass is 16.5. The summed E-state index contributed by atoms with van der Waals surface area (Å²) in [4.78, 5) is 0. The van der Waals surface area contributed by atoms with Crippen molar-refractivity contribution in [2.75, 3.05) is 0 Å². The van der Waals surface area contributed by atoms with Gasteiger partial charge in [0.15, 0.2) is 0 Å². The van der Waals surface area contributed by atoms with Crippen molar-refractivity contribution in [3.63, 3.8) is 0 Å². The maximum atomic E-state index is 9.29. The van der Waals surface area contributed by atoms with Gasteiger partial charge in [-0.1, -0.05) is 6.32 Å². The number of aliphatic hydroxyl groups is 1. The zero-order valence-corrected chi connectivity index (χ0v) is 6.47. The van der Waals surface area contributed by atoms with Gasteiger partial charge in [0, 0.05) is 6.42 Å². The first-order chi connectivity index (χ1) is 5.24. The summed E-state index contributed by atoms with van der Waals surface area (Å²) in [6.45, 7) is 1.88. The molecule has 0 amide bonds. The first-order valence-corrected chi connectivity index (χ1v) is 3.71. The van der Waals surface area contributed by atoms with Gasteiger partial charge in [-0.3, -0.25) is 0 Å². The minimum absolute atomic E-state index is 0.0158. The standard InChI is InChI=1S/C6H11B2O3/c1-4-2-5(9)6(11-4)3-7-8-10/h2,4-6,9-10H,3H2,1H3/t4-,5+,6+/m0/s1. The lowest BCUT2D eigenvalue weighted by Gasteiger charge is -2.11. The molecule has 3 radical (unpaired) electrons. The van der Waals surface area contributed by atoms with Gasteiger partial charge in [0.05, 0.1) is 18.3 Å². The molecule has 11 heavy (non-hydrogen) atoms. The van der Waals surface area contributed by atoms with E-state index in [1.165, 1.54) is 0 Å². The normalized spacial score (nSPS) is 37.2. The molecule has 3 nitrogen and oxygen atoms in total. The number of hydrogen-bond donors (Lipinski definition) is 2. The third kappa shape index (κ3) is 2.51. The first kappa shape index (κ1) is 9.10. The van der Waals surface area contributed by atoms with Gasteiger partial charge in [-0.2, -0.15) is 0 Å². The fourth-order valence-electron chi connectivity index (χ4n) is 1.19. The van der Waals surface area contributed by atoms with Gasteiger partial charge in [0.1, 0.15) is 7.17 Å². The second-order valence-corrected chi connectivity index (χ2v) is 2.68. The lowest BCUT2D eigenvalue weighted by atomic mass is 9.47. The summed E-state index contributed by atoms with van der Waals surface area (Å²) in [6.07, 6.45) is 1.63. The Bertz CT molecular complexity index is 122. The van der Waals surface area contributed by atoms with Crippen LogP contribution in [-0.4, -0.2) is 43.0 Å². The van der Waals surface area contributed by atoms with Gasteiger partial charge in [-0.15, -0.1) is 0 Å². The van der Waals surface area contributed by atoms with Crippen LogP contribution in [0, 0.1) is 6.42 Å². The number of hydrogen-bond acceptors (Lipinski definition) is 3. The highest BCUT2D eigenvalue weighted by molar-refractivity contribution is 6.96. The van der Waals surface area contributed by atoms with Crippen LogP contribution in [0.5, 0.6) is 0 Å². The van der Waals surface area contributed by atoms with Crippen LogP contribution in [0.2, 0.25) is 6.32 Å². The predicted molar refractivity (Wildman–Crippen MR) is 43.2 cm³/mol. The van der Waals surface area contributed by atoms with Crippen LogP contribution in [0.4, 0.5) is 0 Å². The molecule has 0 aromatic carbocycles. The predicted octanol–water partition coefficient (Wildman–Crippen LogP) is -1.01. The Balaban J connectivity index is 2.23. The Morgan fingerprint density at radius 2 is 2.36 bits per heavy atom. The smallest absolute Gasteiger partial charge is 0.236 e. The molecule has 5 heteroatoms. The quantitative estimate of drug-likeness (QED) is 0.510. The summed E-state index contributed by atoms with van der Waals surface area (Å²) in [5, 5.41) is 17.6. The Morgan fingerprint density at radius 3 is 2.82 bits per heavy atom. The summed E-state index contributed by atoms with van der Waals surface area (Å²) < 4.78 is 5.31. The lowest BCUT2D eigenvalue weighted by molar-refractivity contribution is 0.0289. The molecule has 0 aromatic heterocycles. The maximum Gasteiger partial charge on any atom is 0.236 e. The van der Waals surface area contributed by atoms with E-state index < -0.39 is 6.10 Å². The molecule has 2 N–H and O–H groups in total. The van der Waals surface area contributed by atoms with E-state index in [1.807, 2.05) is 6.92 Å². The molecular weight excluding hydrogens is 142 g/mol. The highest BCUT2D eigenvalue weighted by Crippen LogP contribution is 2.21. The van der Waals surface area contributed by atoms with Crippen molar-refractivity contribution >= 4 is 14.5 Å². The van der Waals surface area contributed by atoms with E-state index in [0.29, 0.717) is 6.32 Å². The molecule has 1 saturated heterocycles. The third-order valence-corrected chi connectivity index (χ3v) is 1.71. The zero-order chi connectivity index (χ0) is 8.27. The number of aliphatic hydroxyl groups excluding tert-OH is 1. The van der Waals surface area contributed by atoms with Crippen LogP contribution in [0.15, 0.2) is 0 Å². The average molecular weight is 153 g/mol. The van der Waals surface area contributed by atoms with Crippen LogP contribution in [0.3, 0.4) is 0 Å². The molecule has 0 spiro atoms. The molecule has 0 aromatic rings. The van der Waals surface area contributed by atoms with Crippen LogP contribution in [0.25, 0.3) is 0 Å². The van der Waals surface area contributed by atoms with Crippen LogP contribution in [0.1, 0.15) is 6.92 Å². The van der Waals surface area contributed by atoms with E-state index in [2.05, 4.69) is 0 Å². The molecule has 1 rings (SSSR count). The average Bonchev–Trinajstić information content (AvgIpc) is 2.26. The van der Waals surface area contributed by atoms with Crippen LogP contribution in [-0.2, 0) is 4.74 Å². The van der Waals surface area contributed by atoms with Crippen molar-refractivity contribution < 1.29 is 14.9 Å². The molecule has 1 aliphatic rings. The van der Waals surface area contributed by atoms with Crippen LogP contribution >= 0.6 is 0 Å². The molecule has 1 aliphatic heterocycles. The molecule has 1 fully saturated rings. The van der Waals surface area contributed by atoms with E-state index in [9.17, 15) is 5.11 Å². The summed E-state index contributed by atoms with van der Waals surface area (Å²) in [5.41, 5.74) is 0. The van der Waals surface area contributed by atoms with E-state index in [1.54, 1.807) is 13.6 Å². The van der Waals surface area contributed by atoms with Crippen LogP contribution < -0.4 is 0 Å². The van der Waals surface area contributed by atoms with Crippen molar-refractivity contribution in [3.05, 3.63) is 6.42 Å². The van der Waals surface area contributed by atoms with Crippen molar-refractivity contribution in [1.82, 2.24) is 0 Å². The van der Waals surface area contributed by atoms with E-state index in [-0.39, 0.29) is 12.2 Å². The zero-order valence-electron chi connectivity index (χ0n) is 6.47. The van der Waals surface area contributed by atoms with Gasteiger partial charge in [-0.25, -0.2) is 0 Å². The SMILES string of the molecule is C[C@H]1[CH][C@@H](O)[C@@H](C[B][B]O)O1. The van der Waals surface area contributed by atoms with E-state index in [0.717, 1.165) is 7.37 Å². The largest absolute Gasteiger partial charge is 0.465 e. The highest BCUT2D eigenvalue weighted by Gasteiger charge is 2.30. The van der Waals surface area contributed by atoms with Crippen molar-refractivity contribution in [1.29, 1.82) is 0 Å². The number of ether oxygens (including phenoxy) is 1. The van der Waals surface area contributed by atoms with Crippen molar-refractivity contribution in [2.24, 2.45) is 0 Å². The second kappa shape index (κ2) is 4.14. The summed E-state index contributed by atoms with van der Waals surface area (Å²) >= 11 is 0.